The molecule has 1 saturated carbocycles. The summed E-state index contributed by atoms with van der Waals surface area (Å²) in [5.74, 6) is 0.939. The SMILES string of the molecule is CC1(C)C(O)CC1Nc1nccc2sccc12. The number of hydrogen-bond acceptors (Lipinski definition) is 4. The number of pyridine rings is 1. The molecule has 2 heterocycles. The van der Waals surface area contributed by atoms with Crippen LogP contribution in [0.25, 0.3) is 10.1 Å². The monoisotopic (exact) mass is 248 g/mol. The molecule has 3 nitrogen and oxygen atoms in total. The van der Waals surface area contributed by atoms with E-state index in [2.05, 4.69) is 35.6 Å². The van der Waals surface area contributed by atoms with Crippen LogP contribution in [-0.2, 0) is 0 Å². The highest BCUT2D eigenvalue weighted by atomic mass is 32.1. The summed E-state index contributed by atoms with van der Waals surface area (Å²) in [6.07, 6.45) is 2.43. The van der Waals surface area contributed by atoms with Gasteiger partial charge in [0.25, 0.3) is 0 Å². The fourth-order valence-corrected chi connectivity index (χ4v) is 3.10. The molecule has 3 rings (SSSR count). The molecule has 0 bridgehead atoms. The van der Waals surface area contributed by atoms with Gasteiger partial charge >= 0.3 is 0 Å². The number of aromatic nitrogens is 1. The first kappa shape index (κ1) is 11.0. The molecule has 4 heteroatoms. The van der Waals surface area contributed by atoms with Gasteiger partial charge in [0.2, 0.25) is 0 Å². The lowest BCUT2D eigenvalue weighted by Gasteiger charge is -2.49. The van der Waals surface area contributed by atoms with E-state index in [0.29, 0.717) is 6.04 Å². The van der Waals surface area contributed by atoms with Crippen LogP contribution in [-0.4, -0.2) is 22.2 Å². The quantitative estimate of drug-likeness (QED) is 0.859. The number of rotatable bonds is 2. The molecule has 17 heavy (non-hydrogen) atoms. The maximum absolute atomic E-state index is 9.74. The zero-order chi connectivity index (χ0) is 12.0. The number of aliphatic hydroxyl groups excluding tert-OH is 1. The Morgan fingerprint density at radius 2 is 2.29 bits per heavy atom. The average molecular weight is 248 g/mol. The van der Waals surface area contributed by atoms with Gasteiger partial charge < -0.3 is 10.4 Å². The predicted molar refractivity (Wildman–Crippen MR) is 71.4 cm³/mol. The summed E-state index contributed by atoms with van der Waals surface area (Å²) in [6, 6.07) is 4.43. The molecule has 2 unspecified atom stereocenters. The highest BCUT2D eigenvalue weighted by molar-refractivity contribution is 7.17. The first-order chi connectivity index (χ1) is 8.09. The van der Waals surface area contributed by atoms with E-state index in [4.69, 9.17) is 0 Å². The molecule has 1 aliphatic rings. The lowest BCUT2D eigenvalue weighted by atomic mass is 9.64. The average Bonchev–Trinajstić information content (AvgIpc) is 2.77. The van der Waals surface area contributed by atoms with Crippen molar-refractivity contribution >= 4 is 27.2 Å². The maximum Gasteiger partial charge on any atom is 0.134 e. The van der Waals surface area contributed by atoms with E-state index in [1.54, 1.807) is 11.3 Å². The molecule has 1 fully saturated rings. The molecule has 0 amide bonds. The van der Waals surface area contributed by atoms with Crippen LogP contribution < -0.4 is 5.32 Å². The summed E-state index contributed by atoms with van der Waals surface area (Å²) in [4.78, 5) is 4.41. The van der Waals surface area contributed by atoms with Crippen LogP contribution in [0.5, 0.6) is 0 Å². The van der Waals surface area contributed by atoms with E-state index in [9.17, 15) is 5.11 Å². The third kappa shape index (κ3) is 1.63. The second-order valence-electron chi connectivity index (χ2n) is 5.26. The molecular weight excluding hydrogens is 232 g/mol. The van der Waals surface area contributed by atoms with Crippen molar-refractivity contribution in [1.29, 1.82) is 0 Å². The molecule has 0 aliphatic heterocycles. The standard InChI is InChI=1S/C13H16N2OS/c1-13(2)10(7-11(13)16)15-12-8-4-6-17-9(8)3-5-14-12/h3-6,10-11,16H,7H2,1-2H3,(H,14,15). The number of aliphatic hydroxyl groups is 1. The highest BCUT2D eigenvalue weighted by Gasteiger charge is 2.47. The Bertz CT molecular complexity index is 549. The van der Waals surface area contributed by atoms with Crippen LogP contribution in [0.3, 0.4) is 0 Å². The van der Waals surface area contributed by atoms with E-state index in [1.807, 2.05) is 12.3 Å². The first-order valence-corrected chi connectivity index (χ1v) is 6.74. The van der Waals surface area contributed by atoms with Gasteiger partial charge in [-0.3, -0.25) is 0 Å². The van der Waals surface area contributed by atoms with Crippen LogP contribution in [0.2, 0.25) is 0 Å². The third-order valence-electron chi connectivity index (χ3n) is 3.91. The van der Waals surface area contributed by atoms with Crippen LogP contribution in [0.1, 0.15) is 20.3 Å². The van der Waals surface area contributed by atoms with Gasteiger partial charge in [0.1, 0.15) is 5.82 Å². The Labute approximate surface area is 105 Å². The number of nitrogens with zero attached hydrogens (tertiary/aromatic N) is 1. The van der Waals surface area contributed by atoms with Gasteiger partial charge in [-0.2, -0.15) is 0 Å². The van der Waals surface area contributed by atoms with Crippen molar-refractivity contribution in [1.82, 2.24) is 4.98 Å². The molecular formula is C13H16N2OS. The number of hydrogen-bond donors (Lipinski definition) is 2. The molecule has 2 aromatic heterocycles. The third-order valence-corrected chi connectivity index (χ3v) is 4.79. The zero-order valence-electron chi connectivity index (χ0n) is 9.97. The van der Waals surface area contributed by atoms with Crippen LogP contribution in [0.4, 0.5) is 5.82 Å². The van der Waals surface area contributed by atoms with Crippen molar-refractivity contribution in [3.05, 3.63) is 23.7 Å². The molecule has 90 valence electrons. The van der Waals surface area contributed by atoms with Crippen LogP contribution in [0, 0.1) is 5.41 Å². The van der Waals surface area contributed by atoms with E-state index in [1.165, 1.54) is 10.1 Å². The molecule has 2 N–H and O–H groups in total. The lowest BCUT2D eigenvalue weighted by molar-refractivity contribution is -0.0511. The van der Waals surface area contributed by atoms with Gasteiger partial charge in [-0.15, -0.1) is 11.3 Å². The van der Waals surface area contributed by atoms with Crippen molar-refractivity contribution in [3.63, 3.8) is 0 Å². The minimum Gasteiger partial charge on any atom is -0.392 e. The smallest absolute Gasteiger partial charge is 0.134 e. The van der Waals surface area contributed by atoms with Crippen LogP contribution >= 0.6 is 11.3 Å². The Hall–Kier alpha value is -1.13. The van der Waals surface area contributed by atoms with Gasteiger partial charge in [0, 0.05) is 27.7 Å². The van der Waals surface area contributed by atoms with Crippen molar-refractivity contribution < 1.29 is 5.11 Å². The van der Waals surface area contributed by atoms with E-state index < -0.39 is 0 Å². The Balaban J connectivity index is 1.89. The summed E-state index contributed by atoms with van der Waals surface area (Å²) in [5, 5.41) is 16.5. The van der Waals surface area contributed by atoms with Gasteiger partial charge in [-0.1, -0.05) is 13.8 Å². The van der Waals surface area contributed by atoms with Crippen molar-refractivity contribution in [2.24, 2.45) is 5.41 Å². The van der Waals surface area contributed by atoms with E-state index >= 15 is 0 Å². The molecule has 1 aliphatic carbocycles. The Morgan fingerprint density at radius 1 is 1.47 bits per heavy atom. The first-order valence-electron chi connectivity index (χ1n) is 5.86. The topological polar surface area (TPSA) is 45.1 Å². The lowest BCUT2D eigenvalue weighted by Crippen LogP contribution is -2.57. The summed E-state index contributed by atoms with van der Waals surface area (Å²) < 4.78 is 1.25. The van der Waals surface area contributed by atoms with E-state index in [0.717, 1.165) is 12.2 Å². The summed E-state index contributed by atoms with van der Waals surface area (Å²) in [7, 11) is 0. The molecule has 0 radical (unpaired) electrons. The van der Waals surface area contributed by atoms with Crippen molar-refractivity contribution in [3.8, 4) is 0 Å². The Kier molecular flexibility index (Phi) is 2.38. The van der Waals surface area contributed by atoms with E-state index in [-0.39, 0.29) is 11.5 Å². The molecule has 0 aromatic carbocycles. The molecule has 0 spiro atoms. The normalized spacial score (nSPS) is 26.8. The van der Waals surface area contributed by atoms with Crippen molar-refractivity contribution in [2.75, 3.05) is 5.32 Å². The minimum absolute atomic E-state index is 0.0696. The fourth-order valence-electron chi connectivity index (χ4n) is 2.32. The predicted octanol–water partition coefficient (Wildman–Crippen LogP) is 2.87. The van der Waals surface area contributed by atoms with Gasteiger partial charge in [0.05, 0.1) is 6.10 Å². The molecule has 0 saturated heterocycles. The van der Waals surface area contributed by atoms with Gasteiger partial charge in [-0.25, -0.2) is 4.98 Å². The molecule has 2 aromatic rings. The highest BCUT2D eigenvalue weighted by Crippen LogP contribution is 2.42. The minimum atomic E-state index is -0.207. The maximum atomic E-state index is 9.74. The largest absolute Gasteiger partial charge is 0.392 e. The number of thiophene rings is 1. The second kappa shape index (κ2) is 3.68. The number of nitrogens with one attached hydrogen (secondary N) is 1. The number of anilines is 1. The number of fused-ring (bicyclic) bond motifs is 1. The van der Waals surface area contributed by atoms with Crippen molar-refractivity contribution in [2.45, 2.75) is 32.4 Å². The van der Waals surface area contributed by atoms with Crippen LogP contribution in [0.15, 0.2) is 23.7 Å². The van der Waals surface area contributed by atoms with Gasteiger partial charge in [0.15, 0.2) is 0 Å². The Morgan fingerprint density at radius 3 is 3.00 bits per heavy atom. The molecule has 2 atom stereocenters. The summed E-state index contributed by atoms with van der Waals surface area (Å²) in [6.45, 7) is 4.18. The second-order valence-corrected chi connectivity index (χ2v) is 6.21. The zero-order valence-corrected chi connectivity index (χ0v) is 10.8. The van der Waals surface area contributed by atoms with Gasteiger partial charge in [-0.05, 0) is 23.9 Å². The summed E-state index contributed by atoms with van der Waals surface area (Å²) in [5.41, 5.74) is -0.0696. The fraction of sp³-hybridized carbons (Fsp3) is 0.462. The summed E-state index contributed by atoms with van der Waals surface area (Å²) >= 11 is 1.73.